The van der Waals surface area contributed by atoms with Gasteiger partial charge in [-0.15, -0.1) is 0 Å². The molecule has 0 aromatic rings. The van der Waals surface area contributed by atoms with E-state index in [2.05, 4.69) is 98.9 Å². The Morgan fingerprint density at radius 1 is 0.463 bits per heavy atom. The summed E-state index contributed by atoms with van der Waals surface area (Å²) in [5.41, 5.74) is 5.37. The summed E-state index contributed by atoms with van der Waals surface area (Å²) in [5, 5.41) is 0. The van der Waals surface area contributed by atoms with Crippen LogP contribution in [0.4, 0.5) is 0 Å². The number of esters is 2. The van der Waals surface area contributed by atoms with Gasteiger partial charge < -0.3 is 20.1 Å². The second-order valence-corrected chi connectivity index (χ2v) is 19.2. The molecule has 0 saturated carbocycles. The van der Waals surface area contributed by atoms with Crippen molar-refractivity contribution in [2.45, 2.75) is 238 Å². The molecule has 2 atom stereocenters. The summed E-state index contributed by atoms with van der Waals surface area (Å²) >= 11 is 0. The maximum absolute atomic E-state index is 12.7. The second-order valence-electron chi connectivity index (χ2n) is 17.7. The van der Waals surface area contributed by atoms with Crippen molar-refractivity contribution in [3.05, 3.63) is 85.1 Å². The first-order valence-electron chi connectivity index (χ1n) is 27.1. The monoisotopic (exact) mass is 958 g/mol. The molecule has 3 N–H and O–H groups in total. The lowest BCUT2D eigenvalue weighted by Gasteiger charge is -2.19. The molecule has 0 rings (SSSR count). The van der Waals surface area contributed by atoms with E-state index < -0.39 is 32.5 Å². The van der Waals surface area contributed by atoms with Crippen molar-refractivity contribution in [2.24, 2.45) is 5.73 Å². The van der Waals surface area contributed by atoms with Crippen molar-refractivity contribution in [3.8, 4) is 0 Å². The van der Waals surface area contributed by atoms with Gasteiger partial charge in [0.2, 0.25) is 0 Å². The average Bonchev–Trinajstić information content (AvgIpc) is 3.32. The molecule has 0 radical (unpaired) electrons. The van der Waals surface area contributed by atoms with Gasteiger partial charge >= 0.3 is 19.8 Å². The zero-order valence-electron chi connectivity index (χ0n) is 42.9. The minimum absolute atomic E-state index is 0.0449. The molecule has 0 amide bonds. The largest absolute Gasteiger partial charge is 0.472 e. The molecule has 2 unspecified atom stereocenters. The molecule has 0 fully saturated rings. The maximum atomic E-state index is 12.7. The molecule has 0 spiro atoms. The van der Waals surface area contributed by atoms with Crippen LogP contribution in [0.2, 0.25) is 0 Å². The van der Waals surface area contributed by atoms with Gasteiger partial charge in [-0.05, 0) is 89.9 Å². The van der Waals surface area contributed by atoms with Crippen LogP contribution in [0.5, 0.6) is 0 Å². The van der Waals surface area contributed by atoms with Crippen LogP contribution in [-0.2, 0) is 32.7 Å². The van der Waals surface area contributed by atoms with E-state index in [-0.39, 0.29) is 32.6 Å². The van der Waals surface area contributed by atoms with Gasteiger partial charge in [0, 0.05) is 19.4 Å². The summed E-state index contributed by atoms with van der Waals surface area (Å²) < 4.78 is 33.0. The predicted octanol–water partition coefficient (Wildman–Crippen LogP) is 16.7. The summed E-state index contributed by atoms with van der Waals surface area (Å²) in [5.74, 6) is -0.858. The van der Waals surface area contributed by atoms with Crippen LogP contribution in [0.1, 0.15) is 232 Å². The van der Waals surface area contributed by atoms with Crippen LogP contribution >= 0.6 is 7.82 Å². The number of phosphoric ester groups is 1. The third kappa shape index (κ3) is 52.4. The van der Waals surface area contributed by atoms with E-state index in [0.29, 0.717) is 6.42 Å². The highest BCUT2D eigenvalue weighted by Crippen LogP contribution is 2.43. The quantitative estimate of drug-likeness (QED) is 0.0264. The lowest BCUT2D eigenvalue weighted by Crippen LogP contribution is -2.29. The maximum Gasteiger partial charge on any atom is 0.472 e. The Morgan fingerprint density at radius 2 is 0.821 bits per heavy atom. The number of unbranched alkanes of at least 4 members (excludes halogenated alkanes) is 23. The number of nitrogens with two attached hydrogens (primary N) is 1. The van der Waals surface area contributed by atoms with Crippen LogP contribution in [0.25, 0.3) is 0 Å². The van der Waals surface area contributed by atoms with Crippen LogP contribution in [0, 0.1) is 0 Å². The molecule has 0 aliphatic heterocycles. The molecule has 0 saturated heterocycles. The average molecular weight is 958 g/mol. The van der Waals surface area contributed by atoms with E-state index in [9.17, 15) is 19.0 Å². The molecule has 386 valence electrons. The first kappa shape index (κ1) is 64.2. The molecule has 0 heterocycles. The number of allylic oxidation sites excluding steroid dienone is 14. The number of hydrogen-bond acceptors (Lipinski definition) is 8. The number of ether oxygens (including phenoxy) is 2. The van der Waals surface area contributed by atoms with Gasteiger partial charge in [0.05, 0.1) is 13.2 Å². The van der Waals surface area contributed by atoms with E-state index in [4.69, 9.17) is 24.3 Å². The molecule has 0 aliphatic carbocycles. The first-order valence-corrected chi connectivity index (χ1v) is 28.6. The SMILES string of the molecule is CC/C=C\C/C=C\C/C=C\C/C=C\C/C=C\C/C=C\CCCCCCC(=O)OC(COC(=O)CCCCCCCCCCCCC/C=C\CCCCCCCCCC)COP(=O)(O)OCCN. The highest BCUT2D eigenvalue weighted by atomic mass is 31.2. The molecule has 10 heteroatoms. The van der Waals surface area contributed by atoms with Gasteiger partial charge in [0.25, 0.3) is 0 Å². The van der Waals surface area contributed by atoms with Crippen molar-refractivity contribution in [1.82, 2.24) is 0 Å². The van der Waals surface area contributed by atoms with Gasteiger partial charge in [0.15, 0.2) is 6.10 Å². The number of phosphoric acid groups is 1. The minimum atomic E-state index is -4.40. The van der Waals surface area contributed by atoms with Crippen molar-refractivity contribution in [3.63, 3.8) is 0 Å². The molecule has 0 bridgehead atoms. The fourth-order valence-corrected chi connectivity index (χ4v) is 8.05. The minimum Gasteiger partial charge on any atom is -0.462 e. The smallest absolute Gasteiger partial charge is 0.462 e. The highest BCUT2D eigenvalue weighted by Gasteiger charge is 2.26. The summed E-state index contributed by atoms with van der Waals surface area (Å²) in [6.45, 7) is 3.60. The van der Waals surface area contributed by atoms with Gasteiger partial charge in [-0.25, -0.2) is 4.57 Å². The normalized spacial score (nSPS) is 13.8. The third-order valence-corrected chi connectivity index (χ3v) is 12.2. The van der Waals surface area contributed by atoms with E-state index in [1.165, 1.54) is 116 Å². The lowest BCUT2D eigenvalue weighted by molar-refractivity contribution is -0.161. The predicted molar refractivity (Wildman–Crippen MR) is 284 cm³/mol. The van der Waals surface area contributed by atoms with Crippen LogP contribution < -0.4 is 5.73 Å². The lowest BCUT2D eigenvalue weighted by atomic mass is 10.0. The summed E-state index contributed by atoms with van der Waals surface area (Å²) in [6.07, 6.45) is 67.7. The zero-order chi connectivity index (χ0) is 48.8. The zero-order valence-corrected chi connectivity index (χ0v) is 43.8. The molecule has 67 heavy (non-hydrogen) atoms. The molecule has 0 aromatic heterocycles. The topological polar surface area (TPSA) is 134 Å². The number of carbonyl (C=O) groups excluding carboxylic acids is 2. The van der Waals surface area contributed by atoms with E-state index >= 15 is 0 Å². The Kier molecular flexibility index (Phi) is 50.4. The number of carbonyl (C=O) groups is 2. The van der Waals surface area contributed by atoms with Gasteiger partial charge in [-0.1, -0.05) is 214 Å². The molecular formula is C57H100NO8P. The van der Waals surface area contributed by atoms with Crippen molar-refractivity contribution in [2.75, 3.05) is 26.4 Å². The highest BCUT2D eigenvalue weighted by molar-refractivity contribution is 7.47. The van der Waals surface area contributed by atoms with Crippen LogP contribution in [0.15, 0.2) is 85.1 Å². The fourth-order valence-electron chi connectivity index (χ4n) is 7.28. The van der Waals surface area contributed by atoms with E-state index in [0.717, 1.165) is 83.5 Å². The van der Waals surface area contributed by atoms with Crippen molar-refractivity contribution >= 4 is 19.8 Å². The Hall–Kier alpha value is -2.81. The number of hydrogen-bond donors (Lipinski definition) is 2. The van der Waals surface area contributed by atoms with Crippen molar-refractivity contribution in [1.29, 1.82) is 0 Å². The van der Waals surface area contributed by atoms with Gasteiger partial charge in [-0.2, -0.15) is 0 Å². The van der Waals surface area contributed by atoms with Crippen molar-refractivity contribution < 1.29 is 37.6 Å². The standard InChI is InChI=1S/C57H100NO8P/c1-3-5-7-9-11-13-15-17-19-21-23-25-27-29-31-33-35-37-39-41-43-45-47-49-56(59)63-53-55(54-65-67(61,62)64-52-51-58)66-57(60)50-48-46-44-42-40-38-36-34-32-30-28-26-24-22-20-18-16-14-12-10-8-6-4-2/h6,8,12,14,18,20-21,23-24,26,30,32,36,38,55H,3-5,7,9-11,13,15-17,19,22,25,27-29,31,33-35,37,39-54,58H2,1-2H3,(H,61,62)/b8-6-,14-12-,20-18-,23-21-,26-24-,32-30-,38-36-. The summed E-state index contributed by atoms with van der Waals surface area (Å²) in [4.78, 5) is 35.1. The first-order chi connectivity index (χ1) is 32.8. The second kappa shape index (κ2) is 52.6. The Morgan fingerprint density at radius 3 is 1.24 bits per heavy atom. The van der Waals surface area contributed by atoms with Gasteiger partial charge in [0.1, 0.15) is 6.61 Å². The third-order valence-electron chi connectivity index (χ3n) is 11.3. The molecule has 9 nitrogen and oxygen atoms in total. The van der Waals surface area contributed by atoms with Crippen LogP contribution in [0.3, 0.4) is 0 Å². The Labute approximate surface area is 411 Å². The summed E-state index contributed by atoms with van der Waals surface area (Å²) in [7, 11) is -4.40. The summed E-state index contributed by atoms with van der Waals surface area (Å²) in [6, 6.07) is 0. The van der Waals surface area contributed by atoms with E-state index in [1.54, 1.807) is 0 Å². The number of rotatable bonds is 50. The van der Waals surface area contributed by atoms with Gasteiger partial charge in [-0.3, -0.25) is 18.6 Å². The molecule has 0 aromatic carbocycles. The Bertz CT molecular complexity index is 1370. The van der Waals surface area contributed by atoms with Crippen LogP contribution in [-0.4, -0.2) is 49.3 Å². The molecular weight excluding hydrogens is 858 g/mol. The Balaban J connectivity index is 4.09. The van der Waals surface area contributed by atoms with E-state index in [1.807, 2.05) is 0 Å². The molecule has 0 aliphatic rings. The fraction of sp³-hybridized carbons (Fsp3) is 0.719.